The Balaban J connectivity index is 1.79. The van der Waals surface area contributed by atoms with Crippen LogP contribution in [0, 0.1) is 5.92 Å². The van der Waals surface area contributed by atoms with Crippen molar-refractivity contribution in [3.63, 3.8) is 0 Å². The number of carbonyl (C=O) groups is 3. The highest BCUT2D eigenvalue weighted by Gasteiger charge is 2.35. The van der Waals surface area contributed by atoms with Gasteiger partial charge in [-0.1, -0.05) is 43.7 Å². The molecular weight excluding hydrogens is 516 g/mol. The summed E-state index contributed by atoms with van der Waals surface area (Å²) in [4.78, 5) is 43.0. The summed E-state index contributed by atoms with van der Waals surface area (Å²) in [6.45, 7) is 4.59. The van der Waals surface area contributed by atoms with Crippen molar-refractivity contribution in [1.82, 2.24) is 10.3 Å². The van der Waals surface area contributed by atoms with Crippen LogP contribution in [0.3, 0.4) is 0 Å². The molecule has 0 aliphatic carbocycles. The molecule has 1 aromatic carbocycles. The van der Waals surface area contributed by atoms with Gasteiger partial charge in [0.15, 0.2) is 11.4 Å². The molecule has 1 N–H and O–H groups in total. The molecular formula is C30H40N2O8. The second-order valence-corrected chi connectivity index (χ2v) is 9.79. The zero-order valence-corrected chi connectivity index (χ0v) is 23.7. The van der Waals surface area contributed by atoms with E-state index < -0.39 is 30.0 Å². The van der Waals surface area contributed by atoms with Gasteiger partial charge in [0.25, 0.3) is 5.91 Å². The number of rotatable bonds is 12. The Morgan fingerprint density at radius 3 is 2.58 bits per heavy atom. The van der Waals surface area contributed by atoms with Crippen molar-refractivity contribution in [2.75, 3.05) is 27.4 Å². The molecule has 1 saturated heterocycles. The van der Waals surface area contributed by atoms with E-state index in [9.17, 15) is 14.4 Å². The molecule has 1 aliphatic rings. The fraction of sp³-hybridized carbons (Fsp3) is 0.533. The first-order chi connectivity index (χ1) is 19.4. The van der Waals surface area contributed by atoms with Crippen LogP contribution in [0.2, 0.25) is 0 Å². The SMILES string of the molecule is CCCOC1C(Cc2ccccc2)CCCC(NC(=O)c2nccc(OC)c2OC(=O)CCOC)C(=O)OC1C. The first-order valence-corrected chi connectivity index (χ1v) is 13.8. The smallest absolute Gasteiger partial charge is 0.329 e. The summed E-state index contributed by atoms with van der Waals surface area (Å²) in [6.07, 6.45) is 4.02. The molecule has 1 fully saturated rings. The van der Waals surface area contributed by atoms with Crippen molar-refractivity contribution in [3.05, 3.63) is 53.9 Å². The number of esters is 2. The highest BCUT2D eigenvalue weighted by molar-refractivity contribution is 5.98. The monoisotopic (exact) mass is 556 g/mol. The number of methoxy groups -OCH3 is 2. The van der Waals surface area contributed by atoms with Crippen LogP contribution in [0.25, 0.3) is 0 Å². The van der Waals surface area contributed by atoms with E-state index in [1.165, 1.54) is 32.0 Å². The molecule has 1 aromatic heterocycles. The van der Waals surface area contributed by atoms with Crippen LogP contribution >= 0.6 is 0 Å². The lowest BCUT2D eigenvalue weighted by Gasteiger charge is -2.31. The van der Waals surface area contributed by atoms with Gasteiger partial charge in [-0.2, -0.15) is 0 Å². The van der Waals surface area contributed by atoms with E-state index in [4.69, 9.17) is 23.7 Å². The molecule has 3 rings (SSSR count). The predicted octanol–water partition coefficient (Wildman–Crippen LogP) is 3.90. The molecule has 0 bridgehead atoms. The molecule has 4 atom stereocenters. The zero-order valence-electron chi connectivity index (χ0n) is 23.7. The number of nitrogens with zero attached hydrogens (tertiary/aromatic N) is 1. The van der Waals surface area contributed by atoms with Gasteiger partial charge in [-0.3, -0.25) is 9.59 Å². The van der Waals surface area contributed by atoms with Crippen LogP contribution in [0.4, 0.5) is 0 Å². The summed E-state index contributed by atoms with van der Waals surface area (Å²) in [5.74, 6) is -1.67. The Bertz CT molecular complexity index is 1110. The summed E-state index contributed by atoms with van der Waals surface area (Å²) in [6, 6.07) is 10.7. The molecule has 10 nitrogen and oxygen atoms in total. The highest BCUT2D eigenvalue weighted by atomic mass is 16.6. The zero-order chi connectivity index (χ0) is 28.9. The number of benzene rings is 1. The number of amides is 1. The lowest BCUT2D eigenvalue weighted by molar-refractivity contribution is -0.160. The molecule has 40 heavy (non-hydrogen) atoms. The van der Waals surface area contributed by atoms with E-state index in [-0.39, 0.29) is 42.2 Å². The number of hydrogen-bond acceptors (Lipinski definition) is 9. The molecule has 0 spiro atoms. The Morgan fingerprint density at radius 2 is 1.88 bits per heavy atom. The number of pyridine rings is 1. The van der Waals surface area contributed by atoms with Crippen LogP contribution in [-0.4, -0.2) is 68.5 Å². The van der Waals surface area contributed by atoms with Crippen molar-refractivity contribution >= 4 is 17.8 Å². The Labute approximate surface area is 235 Å². The average molecular weight is 557 g/mol. The van der Waals surface area contributed by atoms with Gasteiger partial charge in [-0.25, -0.2) is 9.78 Å². The van der Waals surface area contributed by atoms with Gasteiger partial charge in [0.05, 0.1) is 26.2 Å². The number of hydrogen-bond donors (Lipinski definition) is 1. The molecule has 2 heterocycles. The first-order valence-electron chi connectivity index (χ1n) is 13.8. The maximum Gasteiger partial charge on any atom is 0.329 e. The van der Waals surface area contributed by atoms with E-state index in [2.05, 4.69) is 22.4 Å². The Hall–Kier alpha value is -3.50. The van der Waals surface area contributed by atoms with E-state index in [0.29, 0.717) is 19.4 Å². The largest absolute Gasteiger partial charge is 0.493 e. The van der Waals surface area contributed by atoms with Gasteiger partial charge in [0, 0.05) is 26.0 Å². The standard InChI is InChI=1S/C30H40N2O8/c1-5-17-38-27-20(2)39-30(35)23(13-9-12-22(27)19-21-10-7-6-8-11-21)32-29(34)26-28(24(37-4)14-16-31-26)40-25(33)15-18-36-3/h6-8,10-11,14,16,20,22-23,27H,5,9,12-13,15,17-19H2,1-4H3,(H,32,34). The molecule has 1 aliphatic heterocycles. The van der Waals surface area contributed by atoms with E-state index in [1.54, 1.807) is 0 Å². The van der Waals surface area contributed by atoms with Crippen molar-refractivity contribution in [2.24, 2.45) is 5.92 Å². The van der Waals surface area contributed by atoms with E-state index in [1.807, 2.05) is 32.0 Å². The summed E-state index contributed by atoms with van der Waals surface area (Å²) in [7, 11) is 2.86. The van der Waals surface area contributed by atoms with Crippen molar-refractivity contribution < 1.29 is 38.1 Å². The summed E-state index contributed by atoms with van der Waals surface area (Å²) >= 11 is 0. The molecule has 1 amide bonds. The van der Waals surface area contributed by atoms with Crippen molar-refractivity contribution in [2.45, 2.75) is 70.6 Å². The Morgan fingerprint density at radius 1 is 1.10 bits per heavy atom. The second-order valence-electron chi connectivity index (χ2n) is 9.79. The quantitative estimate of drug-likeness (QED) is 0.388. The highest BCUT2D eigenvalue weighted by Crippen LogP contribution is 2.31. The lowest BCUT2D eigenvalue weighted by atomic mass is 9.87. The molecule has 10 heteroatoms. The molecule has 2 aromatic rings. The van der Waals surface area contributed by atoms with E-state index in [0.717, 1.165) is 19.3 Å². The van der Waals surface area contributed by atoms with Gasteiger partial charge in [0.2, 0.25) is 5.75 Å². The maximum absolute atomic E-state index is 13.3. The average Bonchev–Trinajstić information content (AvgIpc) is 3.00. The fourth-order valence-corrected chi connectivity index (χ4v) is 4.80. The summed E-state index contributed by atoms with van der Waals surface area (Å²) in [5, 5.41) is 2.74. The summed E-state index contributed by atoms with van der Waals surface area (Å²) in [5.41, 5.74) is 1.02. The number of nitrogens with one attached hydrogen (secondary N) is 1. The van der Waals surface area contributed by atoms with Gasteiger partial charge in [-0.05, 0) is 44.1 Å². The minimum Gasteiger partial charge on any atom is -0.493 e. The van der Waals surface area contributed by atoms with Crippen LogP contribution in [0.5, 0.6) is 11.5 Å². The van der Waals surface area contributed by atoms with E-state index >= 15 is 0 Å². The fourth-order valence-electron chi connectivity index (χ4n) is 4.80. The normalized spacial score (nSPS) is 21.4. The van der Waals surface area contributed by atoms with Crippen LogP contribution in [-0.2, 0) is 30.2 Å². The number of carbonyl (C=O) groups excluding carboxylic acids is 3. The molecule has 218 valence electrons. The maximum atomic E-state index is 13.3. The van der Waals surface area contributed by atoms with Gasteiger partial charge in [0.1, 0.15) is 12.1 Å². The Kier molecular flexibility index (Phi) is 12.4. The lowest BCUT2D eigenvalue weighted by Crippen LogP contribution is -2.44. The predicted molar refractivity (Wildman–Crippen MR) is 147 cm³/mol. The minimum absolute atomic E-state index is 0.0200. The first kappa shape index (κ1) is 31.0. The van der Waals surface area contributed by atoms with Gasteiger partial charge in [-0.15, -0.1) is 0 Å². The summed E-state index contributed by atoms with van der Waals surface area (Å²) < 4.78 is 27.7. The van der Waals surface area contributed by atoms with Crippen molar-refractivity contribution in [3.8, 4) is 11.5 Å². The minimum atomic E-state index is -0.915. The number of cyclic esters (lactones) is 1. The number of ether oxygens (including phenoxy) is 5. The topological polar surface area (TPSA) is 122 Å². The van der Waals surface area contributed by atoms with Gasteiger partial charge >= 0.3 is 11.9 Å². The molecule has 0 radical (unpaired) electrons. The molecule has 4 unspecified atom stereocenters. The number of aromatic nitrogens is 1. The third-order valence-electron chi connectivity index (χ3n) is 6.77. The second kappa shape index (κ2) is 15.9. The van der Waals surface area contributed by atoms with Crippen LogP contribution in [0.15, 0.2) is 42.6 Å². The third kappa shape index (κ3) is 8.76. The van der Waals surface area contributed by atoms with Crippen LogP contribution < -0.4 is 14.8 Å². The van der Waals surface area contributed by atoms with Crippen LogP contribution in [0.1, 0.15) is 62.0 Å². The molecule has 0 saturated carbocycles. The third-order valence-corrected chi connectivity index (χ3v) is 6.77. The van der Waals surface area contributed by atoms with Crippen molar-refractivity contribution in [1.29, 1.82) is 0 Å². The van der Waals surface area contributed by atoms with Gasteiger partial charge < -0.3 is 29.0 Å².